The lowest BCUT2D eigenvalue weighted by Gasteiger charge is -2.21. The highest BCUT2D eigenvalue weighted by Crippen LogP contribution is 2.28. The summed E-state index contributed by atoms with van der Waals surface area (Å²) in [6.07, 6.45) is 1.81. The Labute approximate surface area is 129 Å². The van der Waals surface area contributed by atoms with Gasteiger partial charge in [-0.25, -0.2) is 0 Å². The van der Waals surface area contributed by atoms with E-state index in [2.05, 4.69) is 34.3 Å². The van der Waals surface area contributed by atoms with Crippen LogP contribution in [0, 0.1) is 0 Å². The molecule has 1 aliphatic heterocycles. The van der Waals surface area contributed by atoms with Crippen molar-refractivity contribution in [1.29, 1.82) is 0 Å². The number of thiophene rings is 1. The van der Waals surface area contributed by atoms with Crippen molar-refractivity contribution in [3.8, 4) is 0 Å². The largest absolute Gasteiger partial charge is 0.322 e. The zero-order valence-electron chi connectivity index (χ0n) is 12.2. The highest BCUT2D eigenvalue weighted by Gasteiger charge is 2.38. The molecule has 0 spiro atoms. The fraction of sp³-hybridized carbons (Fsp3) is 0.353. The first kappa shape index (κ1) is 14.3. The Kier molecular flexibility index (Phi) is 4.36. The molecule has 1 aliphatic rings. The van der Waals surface area contributed by atoms with Crippen molar-refractivity contribution in [3.63, 3.8) is 0 Å². The van der Waals surface area contributed by atoms with Crippen LogP contribution in [0.5, 0.6) is 0 Å². The SMILES string of the molecule is CCN1C(=O)C(CCc2ccccc2)NC1c1ccsc1. The fourth-order valence-corrected chi connectivity index (χ4v) is 3.57. The van der Waals surface area contributed by atoms with E-state index in [9.17, 15) is 4.79 Å². The van der Waals surface area contributed by atoms with Crippen LogP contribution in [-0.2, 0) is 11.2 Å². The van der Waals surface area contributed by atoms with Gasteiger partial charge in [0, 0.05) is 6.54 Å². The van der Waals surface area contributed by atoms with Gasteiger partial charge in [0.15, 0.2) is 0 Å². The molecule has 1 fully saturated rings. The highest BCUT2D eigenvalue weighted by molar-refractivity contribution is 7.07. The maximum Gasteiger partial charge on any atom is 0.241 e. The van der Waals surface area contributed by atoms with Crippen molar-refractivity contribution in [2.24, 2.45) is 0 Å². The molecular weight excluding hydrogens is 280 g/mol. The topological polar surface area (TPSA) is 32.3 Å². The van der Waals surface area contributed by atoms with Gasteiger partial charge in [0.1, 0.15) is 6.17 Å². The molecule has 3 rings (SSSR count). The van der Waals surface area contributed by atoms with E-state index >= 15 is 0 Å². The first-order valence-electron chi connectivity index (χ1n) is 7.42. The lowest BCUT2D eigenvalue weighted by Crippen LogP contribution is -2.31. The van der Waals surface area contributed by atoms with E-state index in [1.54, 1.807) is 11.3 Å². The van der Waals surface area contributed by atoms with Gasteiger partial charge in [-0.1, -0.05) is 30.3 Å². The number of nitrogens with one attached hydrogen (secondary N) is 1. The summed E-state index contributed by atoms with van der Waals surface area (Å²) in [5.41, 5.74) is 2.48. The zero-order valence-corrected chi connectivity index (χ0v) is 13.0. The summed E-state index contributed by atoms with van der Waals surface area (Å²) in [5, 5.41) is 7.68. The number of carbonyl (C=O) groups is 1. The van der Waals surface area contributed by atoms with E-state index in [1.165, 1.54) is 11.1 Å². The number of benzene rings is 1. The zero-order chi connectivity index (χ0) is 14.7. The quantitative estimate of drug-likeness (QED) is 0.919. The lowest BCUT2D eigenvalue weighted by molar-refractivity contribution is -0.130. The summed E-state index contributed by atoms with van der Waals surface area (Å²) in [7, 11) is 0. The molecule has 0 aliphatic carbocycles. The van der Waals surface area contributed by atoms with Crippen molar-refractivity contribution >= 4 is 17.2 Å². The average molecular weight is 300 g/mol. The van der Waals surface area contributed by atoms with Gasteiger partial charge in [-0.05, 0) is 47.7 Å². The molecular formula is C17H20N2OS. The second-order valence-corrected chi connectivity index (χ2v) is 6.11. The van der Waals surface area contributed by atoms with E-state index < -0.39 is 0 Å². The highest BCUT2D eigenvalue weighted by atomic mass is 32.1. The van der Waals surface area contributed by atoms with Gasteiger partial charge in [-0.2, -0.15) is 11.3 Å². The van der Waals surface area contributed by atoms with E-state index in [0.717, 1.165) is 19.4 Å². The third-order valence-electron chi connectivity index (χ3n) is 4.02. The van der Waals surface area contributed by atoms with Crippen molar-refractivity contribution in [2.45, 2.75) is 32.0 Å². The second kappa shape index (κ2) is 6.41. The maximum absolute atomic E-state index is 12.5. The number of hydrogen-bond donors (Lipinski definition) is 1. The minimum Gasteiger partial charge on any atom is -0.322 e. The summed E-state index contributed by atoms with van der Waals surface area (Å²) in [6.45, 7) is 2.78. The Balaban J connectivity index is 1.68. The normalized spacial score (nSPS) is 22.0. The first-order chi connectivity index (χ1) is 10.3. The molecule has 110 valence electrons. The molecule has 0 radical (unpaired) electrons. The van der Waals surface area contributed by atoms with Crippen LogP contribution in [-0.4, -0.2) is 23.4 Å². The number of likely N-dealkylation sites (N-methyl/N-ethyl adjacent to an activating group) is 1. The van der Waals surface area contributed by atoms with Gasteiger partial charge in [0.25, 0.3) is 0 Å². The Morgan fingerprint density at radius 1 is 1.24 bits per heavy atom. The van der Waals surface area contributed by atoms with Crippen LogP contribution in [0.1, 0.15) is 30.6 Å². The molecule has 2 heterocycles. The molecule has 3 nitrogen and oxygen atoms in total. The van der Waals surface area contributed by atoms with Crippen molar-refractivity contribution in [1.82, 2.24) is 10.2 Å². The van der Waals surface area contributed by atoms with Crippen LogP contribution >= 0.6 is 11.3 Å². The van der Waals surface area contributed by atoms with E-state index in [-0.39, 0.29) is 18.1 Å². The predicted octanol–water partition coefficient (Wildman–Crippen LogP) is 3.20. The molecule has 21 heavy (non-hydrogen) atoms. The Hall–Kier alpha value is -1.65. The van der Waals surface area contributed by atoms with E-state index in [1.807, 2.05) is 30.0 Å². The molecule has 0 bridgehead atoms. The molecule has 1 aromatic carbocycles. The summed E-state index contributed by atoms with van der Waals surface area (Å²) < 4.78 is 0. The summed E-state index contributed by atoms with van der Waals surface area (Å²) in [5.74, 6) is 0.227. The number of hydrogen-bond acceptors (Lipinski definition) is 3. The summed E-state index contributed by atoms with van der Waals surface area (Å²) in [4.78, 5) is 14.5. The summed E-state index contributed by atoms with van der Waals surface area (Å²) in [6, 6.07) is 12.4. The molecule has 0 saturated carbocycles. The van der Waals surface area contributed by atoms with Crippen LogP contribution < -0.4 is 5.32 Å². The van der Waals surface area contributed by atoms with Crippen molar-refractivity contribution in [2.75, 3.05) is 6.54 Å². The Bertz CT molecular complexity index is 582. The minimum absolute atomic E-state index is 0.0366. The van der Waals surface area contributed by atoms with Crippen LogP contribution in [0.15, 0.2) is 47.2 Å². The molecule has 2 aromatic rings. The average Bonchev–Trinajstić information content (AvgIpc) is 3.14. The van der Waals surface area contributed by atoms with Crippen LogP contribution in [0.2, 0.25) is 0 Å². The van der Waals surface area contributed by atoms with Gasteiger partial charge in [0.05, 0.1) is 6.04 Å². The van der Waals surface area contributed by atoms with E-state index in [4.69, 9.17) is 0 Å². The third-order valence-corrected chi connectivity index (χ3v) is 4.72. The minimum atomic E-state index is -0.0740. The van der Waals surface area contributed by atoms with Gasteiger partial charge >= 0.3 is 0 Å². The second-order valence-electron chi connectivity index (χ2n) is 5.33. The van der Waals surface area contributed by atoms with Crippen molar-refractivity contribution < 1.29 is 4.79 Å². The fourth-order valence-electron chi connectivity index (χ4n) is 2.89. The smallest absolute Gasteiger partial charge is 0.241 e. The Morgan fingerprint density at radius 3 is 2.71 bits per heavy atom. The molecule has 1 amide bonds. The molecule has 2 atom stereocenters. The number of aryl methyl sites for hydroxylation is 1. The monoisotopic (exact) mass is 300 g/mol. The lowest BCUT2D eigenvalue weighted by atomic mass is 10.1. The van der Waals surface area contributed by atoms with Gasteiger partial charge in [-0.3, -0.25) is 10.1 Å². The molecule has 1 N–H and O–H groups in total. The van der Waals surface area contributed by atoms with Gasteiger partial charge < -0.3 is 4.90 Å². The van der Waals surface area contributed by atoms with Crippen molar-refractivity contribution in [3.05, 3.63) is 58.3 Å². The Morgan fingerprint density at radius 2 is 2.05 bits per heavy atom. The predicted molar refractivity (Wildman–Crippen MR) is 86.1 cm³/mol. The number of amides is 1. The van der Waals surface area contributed by atoms with Gasteiger partial charge in [-0.15, -0.1) is 0 Å². The standard InChI is InChI=1S/C17H20N2OS/c1-2-19-16(14-10-11-21-12-14)18-15(17(19)20)9-8-13-6-4-3-5-7-13/h3-7,10-12,15-16,18H,2,8-9H2,1H3. The number of rotatable bonds is 5. The maximum atomic E-state index is 12.5. The number of nitrogens with zero attached hydrogens (tertiary/aromatic N) is 1. The van der Waals surface area contributed by atoms with Crippen LogP contribution in [0.25, 0.3) is 0 Å². The van der Waals surface area contributed by atoms with Crippen LogP contribution in [0.4, 0.5) is 0 Å². The number of carbonyl (C=O) groups excluding carboxylic acids is 1. The molecule has 1 aromatic heterocycles. The van der Waals surface area contributed by atoms with Gasteiger partial charge in [0.2, 0.25) is 5.91 Å². The summed E-state index contributed by atoms with van der Waals surface area (Å²) >= 11 is 1.67. The molecule has 4 heteroatoms. The third kappa shape index (κ3) is 3.01. The van der Waals surface area contributed by atoms with Crippen LogP contribution in [0.3, 0.4) is 0 Å². The van der Waals surface area contributed by atoms with E-state index in [0.29, 0.717) is 0 Å². The molecule has 1 saturated heterocycles. The molecule has 2 unspecified atom stereocenters. The first-order valence-corrected chi connectivity index (χ1v) is 8.36.